The summed E-state index contributed by atoms with van der Waals surface area (Å²) in [6.45, 7) is 5.89. The van der Waals surface area contributed by atoms with Gasteiger partial charge in [-0.25, -0.2) is 8.42 Å². The molecule has 0 atom stereocenters. The van der Waals surface area contributed by atoms with E-state index in [-0.39, 0.29) is 16.7 Å². The van der Waals surface area contributed by atoms with Crippen molar-refractivity contribution in [3.63, 3.8) is 0 Å². The maximum Gasteiger partial charge on any atom is 0.261 e. The van der Waals surface area contributed by atoms with Gasteiger partial charge >= 0.3 is 0 Å². The molecule has 0 aromatic heterocycles. The molecule has 0 aliphatic heterocycles. The van der Waals surface area contributed by atoms with Gasteiger partial charge < -0.3 is 10.6 Å². The molecule has 0 saturated heterocycles. The fraction of sp³-hybridized carbons (Fsp3) is 0.263. The molecule has 0 unspecified atom stereocenters. The highest BCUT2D eigenvalue weighted by Crippen LogP contribution is 2.20. The number of nitrogens with one attached hydrogen (secondary N) is 3. The maximum atomic E-state index is 12.5. The monoisotopic (exact) mass is 389 g/mol. The van der Waals surface area contributed by atoms with E-state index in [2.05, 4.69) is 15.4 Å². The smallest absolute Gasteiger partial charge is 0.261 e. The van der Waals surface area contributed by atoms with Gasteiger partial charge in [0.25, 0.3) is 15.9 Å². The number of carbonyl (C=O) groups is 2. The Morgan fingerprint density at radius 3 is 2.22 bits per heavy atom. The fourth-order valence-electron chi connectivity index (χ4n) is 2.26. The molecule has 0 bridgehead atoms. The van der Waals surface area contributed by atoms with Gasteiger partial charge in [0.05, 0.1) is 10.6 Å². The minimum Gasteiger partial charge on any atom is -0.352 e. The molecule has 7 nitrogen and oxygen atoms in total. The molecule has 27 heavy (non-hydrogen) atoms. The molecular formula is C19H23N3O4S. The number of hydrogen-bond donors (Lipinski definition) is 3. The Kier molecular flexibility index (Phi) is 6.57. The molecule has 0 radical (unpaired) electrons. The summed E-state index contributed by atoms with van der Waals surface area (Å²) in [6.07, 6.45) is 0. The van der Waals surface area contributed by atoms with Crippen molar-refractivity contribution >= 4 is 33.2 Å². The van der Waals surface area contributed by atoms with Crippen molar-refractivity contribution in [3.8, 4) is 0 Å². The number of hydrogen-bond acceptors (Lipinski definition) is 4. The number of benzene rings is 2. The van der Waals surface area contributed by atoms with Crippen LogP contribution in [0.3, 0.4) is 0 Å². The molecule has 0 fully saturated rings. The molecule has 2 aromatic carbocycles. The Morgan fingerprint density at radius 2 is 1.63 bits per heavy atom. The molecular weight excluding hydrogens is 366 g/mol. The average molecular weight is 389 g/mol. The maximum absolute atomic E-state index is 12.5. The number of anilines is 2. The third-order valence-electron chi connectivity index (χ3n) is 3.53. The third-order valence-corrected chi connectivity index (χ3v) is 4.93. The van der Waals surface area contributed by atoms with E-state index < -0.39 is 10.0 Å². The number of carbonyl (C=O) groups excluding carboxylic acids is 2. The second-order valence-electron chi connectivity index (χ2n) is 6.50. The van der Waals surface area contributed by atoms with Crippen molar-refractivity contribution in [2.24, 2.45) is 5.92 Å². The van der Waals surface area contributed by atoms with Crippen LogP contribution in [0.2, 0.25) is 0 Å². The van der Waals surface area contributed by atoms with Crippen LogP contribution in [-0.2, 0) is 14.8 Å². The van der Waals surface area contributed by atoms with Gasteiger partial charge in [0.2, 0.25) is 5.91 Å². The minimum absolute atomic E-state index is 0.0350. The fourth-order valence-corrected chi connectivity index (χ4v) is 3.31. The molecule has 0 aliphatic rings. The third kappa shape index (κ3) is 6.10. The lowest BCUT2D eigenvalue weighted by Gasteiger charge is -2.11. The largest absolute Gasteiger partial charge is 0.352 e. The van der Waals surface area contributed by atoms with E-state index in [1.54, 1.807) is 18.2 Å². The number of rotatable bonds is 7. The Bertz CT molecular complexity index is 922. The highest BCUT2D eigenvalue weighted by atomic mass is 32.2. The Labute approximate surface area is 159 Å². The van der Waals surface area contributed by atoms with Crippen LogP contribution in [0.1, 0.15) is 31.1 Å². The lowest BCUT2D eigenvalue weighted by atomic mass is 10.2. The summed E-state index contributed by atoms with van der Waals surface area (Å²) in [5, 5.41) is 5.37. The van der Waals surface area contributed by atoms with E-state index >= 15 is 0 Å². The lowest BCUT2D eigenvalue weighted by Crippen LogP contribution is -2.27. The Morgan fingerprint density at radius 1 is 1.00 bits per heavy atom. The highest BCUT2D eigenvalue weighted by Gasteiger charge is 2.15. The van der Waals surface area contributed by atoms with E-state index in [0.717, 1.165) is 0 Å². The molecule has 2 aromatic rings. The van der Waals surface area contributed by atoms with E-state index in [4.69, 9.17) is 0 Å². The van der Waals surface area contributed by atoms with Crippen LogP contribution >= 0.6 is 0 Å². The van der Waals surface area contributed by atoms with Crippen LogP contribution in [0.4, 0.5) is 11.4 Å². The van der Waals surface area contributed by atoms with Gasteiger partial charge in [-0.3, -0.25) is 14.3 Å². The molecule has 0 aliphatic carbocycles. The van der Waals surface area contributed by atoms with E-state index in [9.17, 15) is 18.0 Å². The van der Waals surface area contributed by atoms with Gasteiger partial charge in [-0.1, -0.05) is 19.9 Å². The first-order valence-electron chi connectivity index (χ1n) is 8.46. The van der Waals surface area contributed by atoms with Crippen LogP contribution < -0.4 is 15.4 Å². The van der Waals surface area contributed by atoms with Crippen LogP contribution in [0.25, 0.3) is 0 Å². The zero-order chi connectivity index (χ0) is 20.0. The van der Waals surface area contributed by atoms with Crippen molar-refractivity contribution in [3.05, 3.63) is 54.1 Å². The van der Waals surface area contributed by atoms with Crippen molar-refractivity contribution in [1.82, 2.24) is 5.32 Å². The van der Waals surface area contributed by atoms with Gasteiger partial charge in [-0.05, 0) is 48.4 Å². The normalized spacial score (nSPS) is 11.1. The quantitative estimate of drug-likeness (QED) is 0.677. The molecule has 0 spiro atoms. The number of sulfonamides is 1. The average Bonchev–Trinajstić information content (AvgIpc) is 2.59. The van der Waals surface area contributed by atoms with Gasteiger partial charge in [-0.2, -0.15) is 0 Å². The van der Waals surface area contributed by atoms with Gasteiger partial charge in [0.1, 0.15) is 0 Å². The SMILES string of the molecule is CC(=O)Nc1cccc(NS(=O)(=O)c2ccc(C(=O)NCC(C)C)cc2)c1. The summed E-state index contributed by atoms with van der Waals surface area (Å²) >= 11 is 0. The van der Waals surface area contributed by atoms with E-state index in [1.165, 1.54) is 37.3 Å². The molecule has 8 heteroatoms. The Balaban J connectivity index is 2.12. The minimum atomic E-state index is -3.82. The summed E-state index contributed by atoms with van der Waals surface area (Å²) in [5.74, 6) is -0.170. The predicted octanol–water partition coefficient (Wildman–Crippen LogP) is 2.83. The van der Waals surface area contributed by atoms with Crippen LogP contribution in [-0.4, -0.2) is 26.8 Å². The molecule has 0 heterocycles. The van der Waals surface area contributed by atoms with Crippen LogP contribution in [0.15, 0.2) is 53.4 Å². The highest BCUT2D eigenvalue weighted by molar-refractivity contribution is 7.92. The van der Waals surface area contributed by atoms with Crippen molar-refractivity contribution < 1.29 is 18.0 Å². The predicted molar refractivity (Wildman–Crippen MR) is 105 cm³/mol. The second kappa shape index (κ2) is 8.68. The van der Waals surface area contributed by atoms with E-state index in [1.807, 2.05) is 13.8 Å². The molecule has 2 amide bonds. The van der Waals surface area contributed by atoms with Gasteiger partial charge in [-0.15, -0.1) is 0 Å². The molecule has 144 valence electrons. The van der Waals surface area contributed by atoms with Crippen molar-refractivity contribution in [2.75, 3.05) is 16.6 Å². The van der Waals surface area contributed by atoms with Crippen molar-refractivity contribution in [2.45, 2.75) is 25.7 Å². The first-order valence-corrected chi connectivity index (χ1v) is 9.94. The summed E-state index contributed by atoms with van der Waals surface area (Å²) in [5.41, 5.74) is 1.20. The van der Waals surface area contributed by atoms with Crippen molar-refractivity contribution in [1.29, 1.82) is 0 Å². The second-order valence-corrected chi connectivity index (χ2v) is 8.18. The van der Waals surface area contributed by atoms with Gasteiger partial charge in [0, 0.05) is 24.7 Å². The first-order chi connectivity index (χ1) is 12.7. The van der Waals surface area contributed by atoms with Crippen LogP contribution in [0.5, 0.6) is 0 Å². The number of amides is 2. The summed E-state index contributed by atoms with van der Waals surface area (Å²) in [4.78, 5) is 23.2. The molecule has 2 rings (SSSR count). The zero-order valence-electron chi connectivity index (χ0n) is 15.4. The first kappa shape index (κ1) is 20.4. The lowest BCUT2D eigenvalue weighted by molar-refractivity contribution is -0.114. The standard InChI is InChI=1S/C19H23N3O4S/c1-13(2)12-20-19(24)15-7-9-18(10-8-15)27(25,26)22-17-6-4-5-16(11-17)21-14(3)23/h4-11,13,22H,12H2,1-3H3,(H,20,24)(H,21,23). The molecule has 3 N–H and O–H groups in total. The van der Waals surface area contributed by atoms with Crippen LogP contribution in [0, 0.1) is 5.92 Å². The molecule has 0 saturated carbocycles. The summed E-state index contributed by atoms with van der Waals surface area (Å²) in [7, 11) is -3.82. The van der Waals surface area contributed by atoms with Gasteiger partial charge in [0.15, 0.2) is 0 Å². The zero-order valence-corrected chi connectivity index (χ0v) is 16.3. The summed E-state index contributed by atoms with van der Waals surface area (Å²) in [6, 6.07) is 12.1. The topological polar surface area (TPSA) is 104 Å². The van der Waals surface area contributed by atoms with E-state index in [0.29, 0.717) is 29.4 Å². The summed E-state index contributed by atoms with van der Waals surface area (Å²) < 4.78 is 27.5. The Hall–Kier alpha value is -2.87.